The average Bonchev–Trinajstić information content (AvgIpc) is 3.31. The van der Waals surface area contributed by atoms with Crippen molar-refractivity contribution in [1.82, 2.24) is 0 Å². The highest BCUT2D eigenvalue weighted by Gasteiger charge is 2.60. The van der Waals surface area contributed by atoms with Crippen molar-refractivity contribution in [2.75, 3.05) is 17.1 Å². The SMILES string of the molecule is COc1cccc(N2C(=O)C3ON(c4ccc(Cl)cc4)C(c4ccc(C)cc4)C3C2=O)c1. The molecule has 2 amide bonds. The Bertz CT molecular complexity index is 1180. The molecule has 2 saturated heterocycles. The van der Waals surface area contributed by atoms with Gasteiger partial charge in [0.2, 0.25) is 5.91 Å². The molecule has 0 aromatic heterocycles. The number of rotatable bonds is 4. The van der Waals surface area contributed by atoms with E-state index in [2.05, 4.69) is 0 Å². The van der Waals surface area contributed by atoms with Crippen molar-refractivity contribution >= 4 is 34.8 Å². The molecule has 3 unspecified atom stereocenters. The van der Waals surface area contributed by atoms with E-state index in [1.807, 2.05) is 43.3 Å². The molecule has 7 heteroatoms. The molecule has 32 heavy (non-hydrogen) atoms. The summed E-state index contributed by atoms with van der Waals surface area (Å²) in [5, 5.41) is 2.26. The van der Waals surface area contributed by atoms with Crippen LogP contribution in [0.15, 0.2) is 72.8 Å². The van der Waals surface area contributed by atoms with Gasteiger partial charge in [-0.25, -0.2) is 9.96 Å². The average molecular weight is 449 g/mol. The molecule has 2 aliphatic heterocycles. The Hall–Kier alpha value is -3.35. The third-order valence-corrected chi connectivity index (χ3v) is 6.18. The number of hydrogen-bond donors (Lipinski definition) is 0. The fourth-order valence-corrected chi connectivity index (χ4v) is 4.46. The zero-order valence-electron chi connectivity index (χ0n) is 17.6. The van der Waals surface area contributed by atoms with Gasteiger partial charge in [0.1, 0.15) is 11.7 Å². The summed E-state index contributed by atoms with van der Waals surface area (Å²) in [4.78, 5) is 34.3. The van der Waals surface area contributed by atoms with E-state index in [1.165, 1.54) is 4.90 Å². The van der Waals surface area contributed by atoms with E-state index in [-0.39, 0.29) is 11.8 Å². The van der Waals surface area contributed by atoms with Gasteiger partial charge in [-0.05, 0) is 48.9 Å². The molecule has 3 aromatic carbocycles. The van der Waals surface area contributed by atoms with Crippen LogP contribution in [-0.4, -0.2) is 25.0 Å². The molecule has 2 fully saturated rings. The highest BCUT2D eigenvalue weighted by atomic mass is 35.5. The lowest BCUT2D eigenvalue weighted by Crippen LogP contribution is -2.37. The smallest absolute Gasteiger partial charge is 0.266 e. The van der Waals surface area contributed by atoms with Gasteiger partial charge in [0.25, 0.3) is 5.91 Å². The van der Waals surface area contributed by atoms with E-state index in [9.17, 15) is 9.59 Å². The minimum absolute atomic E-state index is 0.296. The molecule has 5 rings (SSSR count). The number of benzene rings is 3. The lowest BCUT2D eigenvalue weighted by atomic mass is 9.90. The van der Waals surface area contributed by atoms with Crippen molar-refractivity contribution < 1.29 is 19.2 Å². The first-order valence-corrected chi connectivity index (χ1v) is 10.7. The number of amides is 2. The second-order valence-electron chi connectivity index (χ2n) is 7.92. The lowest BCUT2D eigenvalue weighted by molar-refractivity contribution is -0.126. The summed E-state index contributed by atoms with van der Waals surface area (Å²) < 4.78 is 5.27. The molecule has 3 atom stereocenters. The molecule has 0 radical (unpaired) electrons. The largest absolute Gasteiger partial charge is 0.497 e. The van der Waals surface area contributed by atoms with Gasteiger partial charge in [-0.15, -0.1) is 0 Å². The van der Waals surface area contributed by atoms with Crippen LogP contribution in [0.4, 0.5) is 11.4 Å². The van der Waals surface area contributed by atoms with Crippen molar-refractivity contribution in [1.29, 1.82) is 0 Å². The molecule has 2 heterocycles. The van der Waals surface area contributed by atoms with Crippen molar-refractivity contribution in [3.63, 3.8) is 0 Å². The summed E-state index contributed by atoms with van der Waals surface area (Å²) in [6.07, 6.45) is -0.921. The van der Waals surface area contributed by atoms with Crippen LogP contribution in [0, 0.1) is 12.8 Å². The van der Waals surface area contributed by atoms with Crippen LogP contribution < -0.4 is 14.7 Å². The van der Waals surface area contributed by atoms with Crippen LogP contribution in [0.2, 0.25) is 5.02 Å². The molecule has 0 N–H and O–H groups in total. The summed E-state index contributed by atoms with van der Waals surface area (Å²) in [6, 6.07) is 21.5. The third kappa shape index (κ3) is 3.32. The molecule has 0 bridgehead atoms. The number of nitrogens with zero attached hydrogens (tertiary/aromatic N) is 2. The van der Waals surface area contributed by atoms with Crippen molar-refractivity contribution in [2.24, 2.45) is 5.92 Å². The monoisotopic (exact) mass is 448 g/mol. The zero-order valence-corrected chi connectivity index (χ0v) is 18.3. The maximum absolute atomic E-state index is 13.6. The number of anilines is 2. The van der Waals surface area contributed by atoms with Gasteiger partial charge < -0.3 is 4.74 Å². The summed E-state index contributed by atoms with van der Waals surface area (Å²) in [5.74, 6) is -0.803. The summed E-state index contributed by atoms with van der Waals surface area (Å²) in [7, 11) is 1.54. The predicted octanol–water partition coefficient (Wildman–Crippen LogP) is 4.71. The Labute approximate surface area is 190 Å². The standard InChI is InChI=1S/C25H21ClN2O4/c1-15-6-8-16(9-7-15)22-21-23(32-28(22)18-12-10-17(26)11-13-18)25(30)27(24(21)29)19-4-3-5-20(14-19)31-2/h3-14,21-23H,1-2H3. The Kier molecular flexibility index (Phi) is 5.12. The third-order valence-electron chi connectivity index (χ3n) is 5.93. The van der Waals surface area contributed by atoms with Crippen LogP contribution >= 0.6 is 11.6 Å². The van der Waals surface area contributed by atoms with E-state index in [1.54, 1.807) is 48.6 Å². The zero-order chi connectivity index (χ0) is 22.4. The van der Waals surface area contributed by atoms with Gasteiger partial charge in [-0.1, -0.05) is 47.5 Å². The summed E-state index contributed by atoms with van der Waals surface area (Å²) >= 11 is 6.06. The Morgan fingerprint density at radius 2 is 1.62 bits per heavy atom. The molecule has 0 saturated carbocycles. The number of halogens is 1. The van der Waals surface area contributed by atoms with Crippen LogP contribution in [-0.2, 0) is 14.4 Å². The van der Waals surface area contributed by atoms with Crippen LogP contribution in [0.1, 0.15) is 17.2 Å². The Morgan fingerprint density at radius 3 is 2.31 bits per heavy atom. The second kappa shape index (κ2) is 7.97. The topological polar surface area (TPSA) is 59.1 Å². The normalized spacial score (nSPS) is 22.4. The predicted molar refractivity (Wildman–Crippen MR) is 122 cm³/mol. The molecule has 0 aliphatic carbocycles. The maximum atomic E-state index is 13.6. The van der Waals surface area contributed by atoms with E-state index >= 15 is 0 Å². The highest BCUT2D eigenvalue weighted by Crippen LogP contribution is 2.47. The second-order valence-corrected chi connectivity index (χ2v) is 8.36. The Balaban J connectivity index is 1.57. The molecule has 6 nitrogen and oxygen atoms in total. The van der Waals surface area contributed by atoms with Gasteiger partial charge in [0, 0.05) is 11.1 Å². The maximum Gasteiger partial charge on any atom is 0.266 e. The van der Waals surface area contributed by atoms with Gasteiger partial charge in [-0.2, -0.15) is 0 Å². The van der Waals surface area contributed by atoms with Crippen LogP contribution in [0.25, 0.3) is 0 Å². The summed E-state index contributed by atoms with van der Waals surface area (Å²) in [6.45, 7) is 2.00. The van der Waals surface area contributed by atoms with E-state index in [4.69, 9.17) is 21.2 Å². The quantitative estimate of drug-likeness (QED) is 0.541. The van der Waals surface area contributed by atoms with Gasteiger partial charge in [0.15, 0.2) is 6.10 Å². The van der Waals surface area contributed by atoms with Crippen LogP contribution in [0.3, 0.4) is 0 Å². The number of methoxy groups -OCH3 is 1. The fourth-order valence-electron chi connectivity index (χ4n) is 4.33. The molecule has 0 spiro atoms. The van der Waals surface area contributed by atoms with E-state index < -0.39 is 18.1 Å². The first kappa shape index (κ1) is 20.5. The minimum Gasteiger partial charge on any atom is -0.497 e. The number of fused-ring (bicyclic) bond motifs is 1. The fraction of sp³-hybridized carbons (Fsp3) is 0.200. The first-order chi connectivity index (χ1) is 15.5. The van der Waals surface area contributed by atoms with Gasteiger partial charge >= 0.3 is 0 Å². The lowest BCUT2D eigenvalue weighted by Gasteiger charge is -2.29. The number of carbonyl (C=O) groups excluding carboxylic acids is 2. The number of imide groups is 1. The van der Waals surface area contributed by atoms with Gasteiger partial charge in [0.05, 0.1) is 24.5 Å². The number of carbonyl (C=O) groups is 2. The molecule has 162 valence electrons. The van der Waals surface area contributed by atoms with E-state index in [0.29, 0.717) is 16.5 Å². The van der Waals surface area contributed by atoms with Crippen molar-refractivity contribution in [2.45, 2.75) is 19.1 Å². The van der Waals surface area contributed by atoms with Gasteiger partial charge in [-0.3, -0.25) is 14.4 Å². The first-order valence-electron chi connectivity index (χ1n) is 10.3. The molecule has 2 aliphatic rings. The number of hydroxylamine groups is 1. The van der Waals surface area contributed by atoms with Crippen molar-refractivity contribution in [3.8, 4) is 5.75 Å². The molecule has 3 aromatic rings. The van der Waals surface area contributed by atoms with Crippen molar-refractivity contribution in [3.05, 3.63) is 88.9 Å². The summed E-state index contributed by atoms with van der Waals surface area (Å²) in [5.41, 5.74) is 3.20. The Morgan fingerprint density at radius 1 is 0.906 bits per heavy atom. The molecular formula is C25H21ClN2O4. The number of hydrogen-bond acceptors (Lipinski definition) is 5. The van der Waals surface area contributed by atoms with E-state index in [0.717, 1.165) is 16.8 Å². The van der Waals surface area contributed by atoms with Crippen LogP contribution in [0.5, 0.6) is 5.75 Å². The highest BCUT2D eigenvalue weighted by molar-refractivity contribution is 6.30. The number of ether oxygens (including phenoxy) is 1. The number of aryl methyl sites for hydroxylation is 1. The minimum atomic E-state index is -0.921. The molecular weight excluding hydrogens is 428 g/mol.